The Morgan fingerprint density at radius 1 is 0.812 bits per heavy atom. The zero-order valence-corrected chi connectivity index (χ0v) is 17.9. The number of hydrogen-bond donors (Lipinski definition) is 1. The maximum Gasteiger partial charge on any atom is 0.332 e. The van der Waals surface area contributed by atoms with Crippen LogP contribution in [0.4, 0.5) is 4.79 Å². The quantitative estimate of drug-likeness (QED) is 0.667. The number of ether oxygens (including phenoxy) is 1. The van der Waals surface area contributed by atoms with Gasteiger partial charge in [-0.15, -0.1) is 0 Å². The molecule has 2 aliphatic rings. The SMILES string of the molecule is O=C(O)[C@H]1[C@H](C(=O)OC2CCCCC2)N(Cc2ccccc2)C(=O)N1Cc1ccccc1. The number of rotatable bonds is 7. The average Bonchev–Trinajstić information content (AvgIpc) is 3.07. The lowest BCUT2D eigenvalue weighted by molar-refractivity contribution is -0.160. The van der Waals surface area contributed by atoms with Crippen LogP contribution in [-0.4, -0.2) is 51.1 Å². The maximum absolute atomic E-state index is 13.4. The number of benzene rings is 2. The van der Waals surface area contributed by atoms with E-state index in [2.05, 4.69) is 0 Å². The molecule has 0 bridgehead atoms. The van der Waals surface area contributed by atoms with Crippen LogP contribution in [-0.2, 0) is 27.4 Å². The van der Waals surface area contributed by atoms with Crippen molar-refractivity contribution in [3.05, 3.63) is 71.8 Å². The molecule has 1 aliphatic heterocycles. The first-order valence-electron chi connectivity index (χ1n) is 11.1. The van der Waals surface area contributed by atoms with Crippen molar-refractivity contribution >= 4 is 18.0 Å². The van der Waals surface area contributed by atoms with Crippen molar-refractivity contribution in [1.82, 2.24) is 9.80 Å². The van der Waals surface area contributed by atoms with Crippen LogP contribution in [0, 0.1) is 0 Å². The summed E-state index contributed by atoms with van der Waals surface area (Å²) in [4.78, 5) is 41.6. The highest BCUT2D eigenvalue weighted by Gasteiger charge is 2.54. The van der Waals surface area contributed by atoms with E-state index in [4.69, 9.17) is 4.74 Å². The Labute approximate surface area is 187 Å². The van der Waals surface area contributed by atoms with Crippen LogP contribution in [0.5, 0.6) is 0 Å². The Bertz CT molecular complexity index is 943. The van der Waals surface area contributed by atoms with Crippen LogP contribution in [0.2, 0.25) is 0 Å². The van der Waals surface area contributed by atoms with Crippen molar-refractivity contribution in [3.63, 3.8) is 0 Å². The van der Waals surface area contributed by atoms with E-state index >= 15 is 0 Å². The highest BCUT2D eigenvalue weighted by Crippen LogP contribution is 2.30. The van der Waals surface area contributed by atoms with Crippen LogP contribution >= 0.6 is 0 Å². The zero-order chi connectivity index (χ0) is 22.5. The van der Waals surface area contributed by atoms with Crippen molar-refractivity contribution in [2.24, 2.45) is 0 Å². The van der Waals surface area contributed by atoms with E-state index in [1.807, 2.05) is 60.7 Å². The number of esters is 1. The van der Waals surface area contributed by atoms with Crippen LogP contribution in [0.1, 0.15) is 43.2 Å². The van der Waals surface area contributed by atoms with Gasteiger partial charge in [0.15, 0.2) is 12.1 Å². The summed E-state index contributed by atoms with van der Waals surface area (Å²) in [6, 6.07) is 15.5. The standard InChI is InChI=1S/C25H28N2O5/c28-23(29)21-22(24(30)32-20-14-8-3-9-15-20)27(17-19-12-6-2-7-13-19)25(31)26(21)16-18-10-4-1-5-11-18/h1-2,4-7,10-13,20-22H,3,8-9,14-17H2,(H,28,29)/t21-,22-/m1/s1. The van der Waals surface area contributed by atoms with E-state index in [0.717, 1.165) is 43.2 Å². The predicted octanol–water partition coefficient (Wildman–Crippen LogP) is 3.82. The van der Waals surface area contributed by atoms with E-state index in [1.54, 1.807) is 0 Å². The van der Waals surface area contributed by atoms with Crippen LogP contribution in [0.3, 0.4) is 0 Å². The van der Waals surface area contributed by atoms with Crippen molar-refractivity contribution in [2.75, 3.05) is 0 Å². The first kappa shape index (κ1) is 21.9. The smallest absolute Gasteiger partial charge is 0.332 e. The van der Waals surface area contributed by atoms with Crippen LogP contribution in [0.15, 0.2) is 60.7 Å². The molecule has 32 heavy (non-hydrogen) atoms. The van der Waals surface area contributed by atoms with Gasteiger partial charge in [-0.25, -0.2) is 14.4 Å². The molecule has 2 aromatic rings. The largest absolute Gasteiger partial charge is 0.480 e. The highest BCUT2D eigenvalue weighted by atomic mass is 16.5. The van der Waals surface area contributed by atoms with Gasteiger partial charge in [-0.1, -0.05) is 67.1 Å². The molecule has 0 radical (unpaired) electrons. The van der Waals surface area contributed by atoms with Crippen molar-refractivity contribution in [1.29, 1.82) is 0 Å². The second-order valence-corrected chi connectivity index (χ2v) is 8.43. The molecule has 0 aromatic heterocycles. The molecule has 1 N–H and O–H groups in total. The second-order valence-electron chi connectivity index (χ2n) is 8.43. The molecular weight excluding hydrogens is 408 g/mol. The van der Waals surface area contributed by atoms with E-state index < -0.39 is 30.1 Å². The summed E-state index contributed by atoms with van der Waals surface area (Å²) in [6.45, 7) is 0.244. The van der Waals surface area contributed by atoms with Crippen molar-refractivity contribution in [3.8, 4) is 0 Å². The van der Waals surface area contributed by atoms with Gasteiger partial charge in [0, 0.05) is 13.1 Å². The van der Waals surface area contributed by atoms with Gasteiger partial charge < -0.3 is 19.6 Å². The molecule has 2 atom stereocenters. The number of carboxylic acid groups (broad SMARTS) is 1. The number of carbonyl (C=O) groups excluding carboxylic acids is 2. The van der Waals surface area contributed by atoms with Crippen molar-refractivity contribution < 1.29 is 24.2 Å². The third-order valence-electron chi connectivity index (χ3n) is 6.18. The van der Waals surface area contributed by atoms with Crippen molar-refractivity contribution in [2.45, 2.75) is 63.4 Å². The molecule has 2 amide bonds. The molecule has 1 saturated heterocycles. The summed E-state index contributed by atoms with van der Waals surface area (Å²) in [7, 11) is 0. The van der Waals surface area contributed by atoms with Gasteiger partial charge in [-0.3, -0.25) is 0 Å². The first-order valence-corrected chi connectivity index (χ1v) is 11.1. The second kappa shape index (κ2) is 9.85. The van der Waals surface area contributed by atoms with Gasteiger partial charge in [0.2, 0.25) is 0 Å². The third-order valence-corrected chi connectivity index (χ3v) is 6.18. The van der Waals surface area contributed by atoms with E-state index in [0.29, 0.717) is 0 Å². The number of nitrogens with zero attached hydrogens (tertiary/aromatic N) is 2. The topological polar surface area (TPSA) is 87.1 Å². The number of hydrogen-bond acceptors (Lipinski definition) is 4. The number of carbonyl (C=O) groups is 3. The number of amides is 2. The fraction of sp³-hybridized carbons (Fsp3) is 0.400. The minimum absolute atomic E-state index is 0.106. The molecule has 1 aliphatic carbocycles. The molecule has 0 unspecified atom stereocenters. The molecule has 7 heteroatoms. The van der Waals surface area contributed by atoms with E-state index in [-0.39, 0.29) is 19.2 Å². The molecular formula is C25H28N2O5. The monoisotopic (exact) mass is 436 g/mol. The van der Waals surface area contributed by atoms with Gasteiger partial charge in [-0.2, -0.15) is 0 Å². The van der Waals surface area contributed by atoms with E-state index in [9.17, 15) is 19.5 Å². The fourth-order valence-electron chi connectivity index (χ4n) is 4.58. The van der Waals surface area contributed by atoms with E-state index in [1.165, 1.54) is 9.80 Å². The van der Waals surface area contributed by atoms with Gasteiger partial charge in [-0.05, 0) is 36.8 Å². The zero-order valence-electron chi connectivity index (χ0n) is 17.9. The highest BCUT2D eigenvalue weighted by molar-refractivity contribution is 5.96. The maximum atomic E-state index is 13.4. The van der Waals surface area contributed by atoms with Gasteiger partial charge in [0.05, 0.1) is 0 Å². The predicted molar refractivity (Wildman–Crippen MR) is 118 cm³/mol. The normalized spacial score (nSPS) is 21.6. The molecule has 2 aromatic carbocycles. The van der Waals surface area contributed by atoms with Gasteiger partial charge in [0.25, 0.3) is 0 Å². The molecule has 168 valence electrons. The average molecular weight is 437 g/mol. The Kier molecular flexibility index (Phi) is 6.73. The molecule has 2 fully saturated rings. The summed E-state index contributed by atoms with van der Waals surface area (Å²) in [5, 5.41) is 10.1. The minimum atomic E-state index is -1.32. The Hall–Kier alpha value is -3.35. The summed E-state index contributed by atoms with van der Waals surface area (Å²) >= 11 is 0. The van der Waals surface area contributed by atoms with Gasteiger partial charge >= 0.3 is 18.0 Å². The molecule has 7 nitrogen and oxygen atoms in total. The lowest BCUT2D eigenvalue weighted by Crippen LogP contribution is -2.49. The lowest BCUT2D eigenvalue weighted by Gasteiger charge is -2.28. The summed E-state index contributed by atoms with van der Waals surface area (Å²) in [5.74, 6) is -1.85. The summed E-state index contributed by atoms with van der Waals surface area (Å²) in [5.41, 5.74) is 1.62. The molecule has 0 spiro atoms. The Morgan fingerprint density at radius 3 is 1.81 bits per heavy atom. The molecule has 1 heterocycles. The first-order chi connectivity index (χ1) is 15.5. The molecule has 4 rings (SSSR count). The Morgan fingerprint density at radius 2 is 1.31 bits per heavy atom. The Balaban J connectivity index is 1.64. The van der Waals surface area contributed by atoms with Crippen LogP contribution in [0.25, 0.3) is 0 Å². The summed E-state index contributed by atoms with van der Waals surface area (Å²) < 4.78 is 5.75. The number of aliphatic carboxylic acids is 1. The molecule has 1 saturated carbocycles. The van der Waals surface area contributed by atoms with Crippen LogP contribution < -0.4 is 0 Å². The number of carboxylic acids is 1. The third kappa shape index (κ3) is 4.77. The van der Waals surface area contributed by atoms with Gasteiger partial charge in [0.1, 0.15) is 6.10 Å². The number of urea groups is 1. The lowest BCUT2D eigenvalue weighted by atomic mass is 9.97. The fourth-order valence-corrected chi connectivity index (χ4v) is 4.58. The summed E-state index contributed by atoms with van der Waals surface area (Å²) in [6.07, 6.45) is 4.41. The minimum Gasteiger partial charge on any atom is -0.480 e.